The lowest BCUT2D eigenvalue weighted by Gasteiger charge is -2.21. The van der Waals surface area contributed by atoms with Gasteiger partial charge >= 0.3 is 0 Å². The second kappa shape index (κ2) is 28.2. The molecular formula is C20H47N. The Morgan fingerprint density at radius 2 is 0.810 bits per heavy atom. The summed E-state index contributed by atoms with van der Waals surface area (Å²) in [6.07, 6.45) is 14.0. The van der Waals surface area contributed by atoms with Gasteiger partial charge < -0.3 is 4.90 Å². The van der Waals surface area contributed by atoms with Crippen molar-refractivity contribution in [2.45, 2.75) is 113 Å². The van der Waals surface area contributed by atoms with Gasteiger partial charge in [0.1, 0.15) is 0 Å². The van der Waals surface area contributed by atoms with Gasteiger partial charge in [-0.3, -0.25) is 0 Å². The largest absolute Gasteiger partial charge is 0.303 e. The fraction of sp³-hybridized carbons (Fsp3) is 1.00. The molecule has 0 unspecified atom stereocenters. The molecule has 0 heterocycles. The molecule has 0 N–H and O–H groups in total. The van der Waals surface area contributed by atoms with Crippen LogP contribution >= 0.6 is 0 Å². The maximum absolute atomic E-state index is 2.68. The molecule has 132 valence electrons. The zero-order chi connectivity index (χ0) is 16.8. The first-order chi connectivity index (χ1) is 10.3. The van der Waals surface area contributed by atoms with E-state index in [1.807, 2.05) is 27.7 Å². The van der Waals surface area contributed by atoms with Crippen LogP contribution in [0.2, 0.25) is 0 Å². The number of rotatable bonds is 13. The minimum Gasteiger partial charge on any atom is -0.303 e. The van der Waals surface area contributed by atoms with Gasteiger partial charge in [-0.25, -0.2) is 0 Å². The second-order valence-corrected chi connectivity index (χ2v) is 5.32. The molecule has 0 amide bonds. The molecule has 0 fully saturated rings. The third-order valence-corrected chi connectivity index (χ3v) is 3.45. The van der Waals surface area contributed by atoms with Gasteiger partial charge in [-0.05, 0) is 38.9 Å². The van der Waals surface area contributed by atoms with Crippen molar-refractivity contribution in [2.75, 3.05) is 19.6 Å². The van der Waals surface area contributed by atoms with E-state index < -0.39 is 0 Å². The number of unbranched alkanes of at least 4 members (excludes halogenated alkanes) is 7. The molecule has 0 aromatic heterocycles. The molecule has 0 saturated carbocycles. The Morgan fingerprint density at radius 1 is 0.429 bits per heavy atom. The Kier molecular flexibility index (Phi) is 34.7. The lowest BCUT2D eigenvalue weighted by atomic mass is 10.1. The monoisotopic (exact) mass is 301 g/mol. The van der Waals surface area contributed by atoms with Crippen molar-refractivity contribution in [3.05, 3.63) is 0 Å². The molecular weight excluding hydrogens is 254 g/mol. The van der Waals surface area contributed by atoms with E-state index in [-0.39, 0.29) is 0 Å². The van der Waals surface area contributed by atoms with E-state index in [2.05, 4.69) is 25.7 Å². The quantitative estimate of drug-likeness (QED) is 0.322. The Balaban J connectivity index is -0.000000739. The molecule has 0 spiro atoms. The zero-order valence-corrected chi connectivity index (χ0v) is 16.6. The molecule has 0 aromatic carbocycles. The summed E-state index contributed by atoms with van der Waals surface area (Å²) in [6, 6.07) is 0. The van der Waals surface area contributed by atoms with Crippen molar-refractivity contribution in [3.63, 3.8) is 0 Å². The van der Waals surface area contributed by atoms with E-state index in [1.54, 1.807) is 0 Å². The summed E-state index contributed by atoms with van der Waals surface area (Å²) in [6.45, 7) is 18.8. The van der Waals surface area contributed by atoms with E-state index in [0.717, 1.165) is 0 Å². The summed E-state index contributed by atoms with van der Waals surface area (Å²) in [7, 11) is 0. The molecule has 0 bridgehead atoms. The average molecular weight is 302 g/mol. The summed E-state index contributed by atoms with van der Waals surface area (Å²) in [4.78, 5) is 2.68. The van der Waals surface area contributed by atoms with Crippen LogP contribution in [0.3, 0.4) is 0 Å². The Labute approximate surface area is 137 Å². The third-order valence-electron chi connectivity index (χ3n) is 3.45. The predicted molar refractivity (Wildman–Crippen MR) is 102 cm³/mol. The fourth-order valence-electron chi connectivity index (χ4n) is 2.35. The average Bonchev–Trinajstić information content (AvgIpc) is 2.54. The fourth-order valence-corrected chi connectivity index (χ4v) is 2.35. The van der Waals surface area contributed by atoms with Gasteiger partial charge in [-0.15, -0.1) is 0 Å². The van der Waals surface area contributed by atoms with Crippen LogP contribution in [-0.4, -0.2) is 24.5 Å². The molecule has 1 heteroatoms. The van der Waals surface area contributed by atoms with Crippen LogP contribution in [0.1, 0.15) is 113 Å². The van der Waals surface area contributed by atoms with Crippen LogP contribution in [0, 0.1) is 0 Å². The van der Waals surface area contributed by atoms with Crippen molar-refractivity contribution < 1.29 is 0 Å². The zero-order valence-electron chi connectivity index (χ0n) is 16.6. The van der Waals surface area contributed by atoms with Gasteiger partial charge in [0.2, 0.25) is 0 Å². The number of hydrogen-bond donors (Lipinski definition) is 0. The van der Waals surface area contributed by atoms with Crippen molar-refractivity contribution in [1.82, 2.24) is 4.90 Å². The highest BCUT2D eigenvalue weighted by molar-refractivity contribution is 4.58. The summed E-state index contributed by atoms with van der Waals surface area (Å²) in [5, 5.41) is 0. The van der Waals surface area contributed by atoms with Gasteiger partial charge in [0.25, 0.3) is 0 Å². The molecule has 0 atom stereocenters. The third kappa shape index (κ3) is 25.3. The van der Waals surface area contributed by atoms with Crippen molar-refractivity contribution >= 4 is 0 Å². The molecule has 21 heavy (non-hydrogen) atoms. The van der Waals surface area contributed by atoms with Gasteiger partial charge in [0, 0.05) is 0 Å². The highest BCUT2D eigenvalue weighted by atomic mass is 15.1. The summed E-state index contributed by atoms with van der Waals surface area (Å²) >= 11 is 0. The van der Waals surface area contributed by atoms with E-state index >= 15 is 0 Å². The SMILES string of the molecule is CC.CC.CCCCCCCCN(CCC)CCCCC. The molecule has 0 aliphatic carbocycles. The van der Waals surface area contributed by atoms with Crippen LogP contribution in [-0.2, 0) is 0 Å². The number of nitrogens with zero attached hydrogens (tertiary/aromatic N) is 1. The first-order valence-corrected chi connectivity index (χ1v) is 10.1. The van der Waals surface area contributed by atoms with Gasteiger partial charge in [-0.2, -0.15) is 0 Å². The molecule has 0 saturated heterocycles. The predicted octanol–water partition coefficient (Wildman–Crippen LogP) is 7.30. The molecule has 0 radical (unpaired) electrons. The number of hydrogen-bond acceptors (Lipinski definition) is 1. The lowest BCUT2D eigenvalue weighted by Crippen LogP contribution is -2.26. The van der Waals surface area contributed by atoms with E-state index in [0.29, 0.717) is 0 Å². The topological polar surface area (TPSA) is 3.24 Å². The Hall–Kier alpha value is -0.0400. The van der Waals surface area contributed by atoms with Gasteiger partial charge in [0.05, 0.1) is 0 Å². The summed E-state index contributed by atoms with van der Waals surface area (Å²) < 4.78 is 0. The van der Waals surface area contributed by atoms with Crippen LogP contribution in [0.5, 0.6) is 0 Å². The van der Waals surface area contributed by atoms with Crippen molar-refractivity contribution in [3.8, 4) is 0 Å². The highest BCUT2D eigenvalue weighted by Gasteiger charge is 2.02. The second-order valence-electron chi connectivity index (χ2n) is 5.32. The van der Waals surface area contributed by atoms with Crippen molar-refractivity contribution in [2.24, 2.45) is 0 Å². The van der Waals surface area contributed by atoms with Crippen LogP contribution < -0.4 is 0 Å². The normalized spacial score (nSPS) is 9.71. The first-order valence-electron chi connectivity index (χ1n) is 10.1. The molecule has 0 aromatic rings. The van der Waals surface area contributed by atoms with Gasteiger partial charge in [0.15, 0.2) is 0 Å². The molecule has 0 aliphatic rings. The summed E-state index contributed by atoms with van der Waals surface area (Å²) in [5.74, 6) is 0. The maximum atomic E-state index is 2.68. The van der Waals surface area contributed by atoms with Crippen molar-refractivity contribution in [1.29, 1.82) is 0 Å². The highest BCUT2D eigenvalue weighted by Crippen LogP contribution is 2.07. The Bertz CT molecular complexity index is 134. The van der Waals surface area contributed by atoms with Crippen LogP contribution in [0.15, 0.2) is 0 Å². The minimum atomic E-state index is 1.30. The van der Waals surface area contributed by atoms with Crippen LogP contribution in [0.25, 0.3) is 0 Å². The van der Waals surface area contributed by atoms with E-state index in [4.69, 9.17) is 0 Å². The maximum Gasteiger partial charge on any atom is -0.00187 e. The molecule has 0 rings (SSSR count). The Morgan fingerprint density at radius 3 is 1.29 bits per heavy atom. The van der Waals surface area contributed by atoms with Gasteiger partial charge in [-0.1, -0.05) is 93.4 Å². The standard InChI is InChI=1S/C16H35N.2C2H6/c1-4-7-9-10-11-13-16-17(14-6-3)15-12-8-5-2;2*1-2/h4-16H2,1-3H3;2*1-2H3. The van der Waals surface area contributed by atoms with E-state index in [1.165, 1.54) is 83.8 Å². The first kappa shape index (κ1) is 25.9. The smallest absolute Gasteiger partial charge is 0.00187 e. The molecule has 1 nitrogen and oxygen atoms in total. The minimum absolute atomic E-state index is 1.30. The summed E-state index contributed by atoms with van der Waals surface area (Å²) in [5.41, 5.74) is 0. The van der Waals surface area contributed by atoms with E-state index in [9.17, 15) is 0 Å². The van der Waals surface area contributed by atoms with Crippen LogP contribution in [0.4, 0.5) is 0 Å². The molecule has 0 aliphatic heterocycles. The lowest BCUT2D eigenvalue weighted by molar-refractivity contribution is 0.261.